The number of hydrogen-bond donors (Lipinski definition) is 2. The summed E-state index contributed by atoms with van der Waals surface area (Å²) in [4.78, 5) is 8.73. The Kier molecular flexibility index (Phi) is 4.78. The molecule has 0 aliphatic rings. The maximum atomic E-state index is 13.0. The number of benzene rings is 2. The molecule has 130 valence electrons. The normalized spacial score (nSPS) is 11.7. The second-order valence-corrected chi connectivity index (χ2v) is 5.73. The molecule has 0 saturated heterocycles. The maximum Gasteiger partial charge on any atom is 0.416 e. The van der Waals surface area contributed by atoms with Crippen LogP contribution in [-0.4, -0.2) is 23.1 Å². The number of nitrogens with zero attached hydrogens (tertiary/aromatic N) is 2. The molecule has 0 radical (unpaired) electrons. The smallest absolute Gasteiger partial charge is 0.368 e. The first-order valence-corrected chi connectivity index (χ1v) is 7.86. The van der Waals surface area contributed by atoms with E-state index in [1.54, 1.807) is 12.1 Å². The van der Waals surface area contributed by atoms with Gasteiger partial charge < -0.3 is 11.1 Å². The van der Waals surface area contributed by atoms with Gasteiger partial charge in [-0.15, -0.1) is 0 Å². The van der Waals surface area contributed by atoms with Gasteiger partial charge in [0, 0.05) is 24.0 Å². The molecule has 0 spiro atoms. The predicted molar refractivity (Wildman–Crippen MR) is 92.5 cm³/mol. The standard InChI is InChI=1S/C17H14ClF3N4/c18-13-6-5-10(17(19,20)21)9-12(13)16-24-14-4-2-1-3-11(14)15(25-16)23-8-7-22/h1-6,9H,7-8,22H2,(H,23,24,25). The third kappa shape index (κ3) is 3.67. The molecular formula is C17H14ClF3N4. The fourth-order valence-electron chi connectivity index (χ4n) is 2.40. The maximum absolute atomic E-state index is 13.0. The van der Waals surface area contributed by atoms with Crippen molar-refractivity contribution in [2.45, 2.75) is 6.18 Å². The number of halogens is 4. The molecule has 0 aliphatic carbocycles. The van der Waals surface area contributed by atoms with Gasteiger partial charge in [-0.25, -0.2) is 9.97 Å². The van der Waals surface area contributed by atoms with Gasteiger partial charge in [-0.3, -0.25) is 0 Å². The second-order valence-electron chi connectivity index (χ2n) is 5.32. The lowest BCUT2D eigenvalue weighted by Gasteiger charge is -2.13. The number of hydrogen-bond acceptors (Lipinski definition) is 4. The largest absolute Gasteiger partial charge is 0.416 e. The van der Waals surface area contributed by atoms with E-state index in [1.165, 1.54) is 6.07 Å². The minimum absolute atomic E-state index is 0.120. The lowest BCUT2D eigenvalue weighted by atomic mass is 10.1. The van der Waals surface area contributed by atoms with Gasteiger partial charge in [0.05, 0.1) is 16.1 Å². The van der Waals surface area contributed by atoms with Crippen molar-refractivity contribution in [1.29, 1.82) is 0 Å². The van der Waals surface area contributed by atoms with Gasteiger partial charge in [-0.1, -0.05) is 23.7 Å². The van der Waals surface area contributed by atoms with E-state index in [1.807, 2.05) is 12.1 Å². The third-order valence-electron chi connectivity index (χ3n) is 3.57. The molecule has 0 atom stereocenters. The number of anilines is 1. The number of nitrogens with one attached hydrogen (secondary N) is 1. The van der Waals surface area contributed by atoms with E-state index in [4.69, 9.17) is 17.3 Å². The first-order valence-electron chi connectivity index (χ1n) is 7.48. The molecule has 1 aromatic heterocycles. The fraction of sp³-hybridized carbons (Fsp3) is 0.176. The highest BCUT2D eigenvalue weighted by Crippen LogP contribution is 2.35. The average molecular weight is 367 g/mol. The van der Waals surface area contributed by atoms with Crippen LogP contribution in [-0.2, 0) is 6.18 Å². The van der Waals surface area contributed by atoms with Crippen molar-refractivity contribution in [2.24, 2.45) is 5.73 Å². The van der Waals surface area contributed by atoms with E-state index in [0.29, 0.717) is 24.4 Å². The van der Waals surface area contributed by atoms with Crippen LogP contribution in [0.1, 0.15) is 5.56 Å². The van der Waals surface area contributed by atoms with E-state index in [-0.39, 0.29) is 16.4 Å². The van der Waals surface area contributed by atoms with Crippen molar-refractivity contribution < 1.29 is 13.2 Å². The predicted octanol–water partition coefficient (Wildman–Crippen LogP) is 4.34. The van der Waals surface area contributed by atoms with Crippen LogP contribution in [0.2, 0.25) is 5.02 Å². The van der Waals surface area contributed by atoms with Crippen LogP contribution >= 0.6 is 11.6 Å². The minimum atomic E-state index is -4.48. The molecule has 25 heavy (non-hydrogen) atoms. The number of aromatic nitrogens is 2. The first kappa shape index (κ1) is 17.4. The van der Waals surface area contributed by atoms with Crippen LogP contribution < -0.4 is 11.1 Å². The zero-order valence-corrected chi connectivity index (χ0v) is 13.7. The monoisotopic (exact) mass is 366 g/mol. The Morgan fingerprint density at radius 2 is 1.84 bits per heavy atom. The highest BCUT2D eigenvalue weighted by molar-refractivity contribution is 6.33. The van der Waals surface area contributed by atoms with Crippen molar-refractivity contribution in [1.82, 2.24) is 9.97 Å². The number of fused-ring (bicyclic) bond motifs is 1. The Bertz CT molecular complexity index is 912. The Morgan fingerprint density at radius 1 is 1.08 bits per heavy atom. The summed E-state index contributed by atoms with van der Waals surface area (Å²) in [6.45, 7) is 0.856. The van der Waals surface area contributed by atoms with Crippen LogP contribution in [0.25, 0.3) is 22.3 Å². The molecule has 0 unspecified atom stereocenters. The van der Waals surface area contributed by atoms with E-state index >= 15 is 0 Å². The summed E-state index contributed by atoms with van der Waals surface area (Å²) in [6.07, 6.45) is -4.48. The van der Waals surface area contributed by atoms with Crippen LogP contribution in [0.4, 0.5) is 19.0 Å². The van der Waals surface area contributed by atoms with E-state index < -0.39 is 11.7 Å². The van der Waals surface area contributed by atoms with E-state index in [0.717, 1.165) is 17.5 Å². The van der Waals surface area contributed by atoms with Gasteiger partial charge in [0.25, 0.3) is 0 Å². The zero-order chi connectivity index (χ0) is 18.0. The molecule has 3 N–H and O–H groups in total. The molecule has 0 amide bonds. The van der Waals surface area contributed by atoms with Crippen LogP contribution in [0.3, 0.4) is 0 Å². The van der Waals surface area contributed by atoms with E-state index in [9.17, 15) is 13.2 Å². The summed E-state index contributed by atoms with van der Waals surface area (Å²) in [6, 6.07) is 10.3. The number of alkyl halides is 3. The van der Waals surface area contributed by atoms with Crippen molar-refractivity contribution in [2.75, 3.05) is 18.4 Å². The van der Waals surface area contributed by atoms with Crippen molar-refractivity contribution in [3.8, 4) is 11.4 Å². The van der Waals surface area contributed by atoms with Gasteiger partial charge in [0.1, 0.15) is 5.82 Å². The highest BCUT2D eigenvalue weighted by atomic mass is 35.5. The zero-order valence-electron chi connectivity index (χ0n) is 12.9. The second kappa shape index (κ2) is 6.85. The molecule has 0 bridgehead atoms. The van der Waals surface area contributed by atoms with Crippen LogP contribution in [0.15, 0.2) is 42.5 Å². The van der Waals surface area contributed by atoms with E-state index in [2.05, 4.69) is 15.3 Å². The summed E-state index contributed by atoms with van der Waals surface area (Å²) in [5.74, 6) is 0.619. The fourth-order valence-corrected chi connectivity index (χ4v) is 2.60. The van der Waals surface area contributed by atoms with Crippen molar-refractivity contribution in [3.63, 3.8) is 0 Å². The summed E-state index contributed by atoms with van der Waals surface area (Å²) in [7, 11) is 0. The molecule has 0 aliphatic heterocycles. The van der Waals surface area contributed by atoms with Gasteiger partial charge in [0.2, 0.25) is 0 Å². The van der Waals surface area contributed by atoms with Gasteiger partial charge >= 0.3 is 6.18 Å². The molecule has 3 aromatic rings. The lowest BCUT2D eigenvalue weighted by molar-refractivity contribution is -0.137. The average Bonchev–Trinajstić information content (AvgIpc) is 2.58. The Balaban J connectivity index is 2.19. The molecule has 8 heteroatoms. The quantitative estimate of drug-likeness (QED) is 0.721. The van der Waals surface area contributed by atoms with Gasteiger partial charge in [0.15, 0.2) is 5.82 Å². The van der Waals surface area contributed by atoms with Crippen LogP contribution in [0.5, 0.6) is 0 Å². The Labute approximate surface area is 146 Å². The molecule has 0 saturated carbocycles. The first-order chi connectivity index (χ1) is 11.9. The van der Waals surface area contributed by atoms with Gasteiger partial charge in [-0.05, 0) is 30.3 Å². The molecular weight excluding hydrogens is 353 g/mol. The Morgan fingerprint density at radius 3 is 2.56 bits per heavy atom. The van der Waals surface area contributed by atoms with Crippen molar-refractivity contribution in [3.05, 3.63) is 53.1 Å². The molecule has 2 aromatic carbocycles. The molecule has 1 heterocycles. The molecule has 3 rings (SSSR count). The summed E-state index contributed by atoms with van der Waals surface area (Å²) >= 11 is 6.10. The topological polar surface area (TPSA) is 63.8 Å². The number of para-hydroxylation sites is 1. The highest BCUT2D eigenvalue weighted by Gasteiger charge is 2.31. The summed E-state index contributed by atoms with van der Waals surface area (Å²) in [5, 5.41) is 3.97. The summed E-state index contributed by atoms with van der Waals surface area (Å²) in [5.41, 5.74) is 5.42. The third-order valence-corrected chi connectivity index (χ3v) is 3.90. The van der Waals surface area contributed by atoms with Crippen molar-refractivity contribution >= 4 is 28.3 Å². The summed E-state index contributed by atoms with van der Waals surface area (Å²) < 4.78 is 39.0. The lowest BCUT2D eigenvalue weighted by Crippen LogP contribution is -2.14. The molecule has 4 nitrogen and oxygen atoms in total. The molecule has 0 fully saturated rings. The minimum Gasteiger partial charge on any atom is -0.368 e. The van der Waals surface area contributed by atoms with Gasteiger partial charge in [-0.2, -0.15) is 13.2 Å². The van der Waals surface area contributed by atoms with Crippen LogP contribution in [0, 0.1) is 0 Å². The number of nitrogens with two attached hydrogens (primary N) is 1. The Hall–Kier alpha value is -2.38. The SMILES string of the molecule is NCCNc1nc(-c2cc(C(F)(F)F)ccc2Cl)nc2ccccc12. The number of rotatable bonds is 4.